The first-order valence-corrected chi connectivity index (χ1v) is 5.50. The minimum Gasteiger partial charge on any atom is -0.462 e. The van der Waals surface area contributed by atoms with Crippen LogP contribution in [0.3, 0.4) is 0 Å². The molecule has 0 radical (unpaired) electrons. The minimum absolute atomic E-state index is 0.245. The van der Waals surface area contributed by atoms with Crippen LogP contribution in [0.15, 0.2) is 30.3 Å². The second kappa shape index (κ2) is 5.66. The quantitative estimate of drug-likeness (QED) is 0.778. The van der Waals surface area contributed by atoms with Crippen molar-refractivity contribution < 1.29 is 14.6 Å². The van der Waals surface area contributed by atoms with Crippen molar-refractivity contribution in [1.82, 2.24) is 0 Å². The van der Waals surface area contributed by atoms with Gasteiger partial charge >= 0.3 is 5.97 Å². The molecule has 0 spiro atoms. The maximum Gasteiger partial charge on any atom is 0.338 e. The summed E-state index contributed by atoms with van der Waals surface area (Å²) in [7, 11) is 0. The Morgan fingerprint density at radius 1 is 1.38 bits per heavy atom. The second-order valence-corrected chi connectivity index (χ2v) is 4.10. The summed E-state index contributed by atoms with van der Waals surface area (Å²) in [4.78, 5) is 11.5. The van der Waals surface area contributed by atoms with Crippen LogP contribution < -0.4 is 0 Å². The van der Waals surface area contributed by atoms with E-state index in [-0.39, 0.29) is 12.6 Å². The summed E-state index contributed by atoms with van der Waals surface area (Å²) >= 11 is 0. The topological polar surface area (TPSA) is 46.5 Å². The summed E-state index contributed by atoms with van der Waals surface area (Å²) in [5.74, 6) is -0.340. The lowest BCUT2D eigenvalue weighted by Crippen LogP contribution is -2.25. The minimum atomic E-state index is -0.753. The fourth-order valence-corrected chi connectivity index (χ4v) is 1.20. The van der Waals surface area contributed by atoms with E-state index in [1.807, 2.05) is 13.0 Å². The molecular weight excluding hydrogens is 204 g/mol. The highest BCUT2D eigenvalue weighted by Gasteiger charge is 2.18. The van der Waals surface area contributed by atoms with Crippen molar-refractivity contribution in [2.45, 2.75) is 32.3 Å². The van der Waals surface area contributed by atoms with E-state index in [4.69, 9.17) is 4.74 Å². The smallest absolute Gasteiger partial charge is 0.338 e. The Bertz CT molecular complexity index is 330. The zero-order valence-electron chi connectivity index (χ0n) is 9.77. The number of hydrogen-bond acceptors (Lipinski definition) is 3. The van der Waals surface area contributed by atoms with E-state index >= 15 is 0 Å². The van der Waals surface area contributed by atoms with Gasteiger partial charge in [-0.25, -0.2) is 4.79 Å². The number of benzene rings is 1. The van der Waals surface area contributed by atoms with Gasteiger partial charge in [0.1, 0.15) is 0 Å². The number of hydrogen-bond donors (Lipinski definition) is 1. The van der Waals surface area contributed by atoms with Crippen molar-refractivity contribution in [1.29, 1.82) is 0 Å². The van der Waals surface area contributed by atoms with Crippen molar-refractivity contribution in [2.24, 2.45) is 0 Å². The van der Waals surface area contributed by atoms with Gasteiger partial charge in [-0.3, -0.25) is 0 Å². The van der Waals surface area contributed by atoms with Gasteiger partial charge in [-0.15, -0.1) is 0 Å². The molecule has 0 fully saturated rings. The molecule has 0 amide bonds. The van der Waals surface area contributed by atoms with Crippen molar-refractivity contribution >= 4 is 5.97 Å². The third-order valence-electron chi connectivity index (χ3n) is 2.64. The van der Waals surface area contributed by atoms with E-state index in [1.54, 1.807) is 31.2 Å². The number of aliphatic hydroxyl groups is 1. The molecule has 0 heterocycles. The zero-order valence-corrected chi connectivity index (χ0v) is 9.77. The molecule has 0 bridgehead atoms. The Balaban J connectivity index is 2.37. The van der Waals surface area contributed by atoms with Gasteiger partial charge in [0.15, 0.2) is 0 Å². The molecular formula is C13H18O3. The van der Waals surface area contributed by atoms with E-state index < -0.39 is 5.60 Å². The molecule has 1 aromatic carbocycles. The lowest BCUT2D eigenvalue weighted by molar-refractivity contribution is 0.0129. The van der Waals surface area contributed by atoms with Crippen LogP contribution in [0.5, 0.6) is 0 Å². The van der Waals surface area contributed by atoms with Gasteiger partial charge in [0, 0.05) is 6.42 Å². The van der Waals surface area contributed by atoms with Gasteiger partial charge in [0.05, 0.1) is 17.8 Å². The molecule has 16 heavy (non-hydrogen) atoms. The summed E-state index contributed by atoms with van der Waals surface area (Å²) in [6.07, 6.45) is 1.11. The summed E-state index contributed by atoms with van der Waals surface area (Å²) in [6.45, 7) is 3.89. The van der Waals surface area contributed by atoms with Crippen LogP contribution in [-0.4, -0.2) is 23.3 Å². The van der Waals surface area contributed by atoms with Crippen molar-refractivity contribution in [3.63, 3.8) is 0 Å². The van der Waals surface area contributed by atoms with E-state index in [0.29, 0.717) is 18.4 Å². The van der Waals surface area contributed by atoms with Gasteiger partial charge in [-0.2, -0.15) is 0 Å². The van der Waals surface area contributed by atoms with Crippen molar-refractivity contribution in [3.8, 4) is 0 Å². The highest BCUT2D eigenvalue weighted by Crippen LogP contribution is 2.13. The first kappa shape index (κ1) is 12.7. The van der Waals surface area contributed by atoms with Gasteiger partial charge in [0.2, 0.25) is 0 Å². The van der Waals surface area contributed by atoms with E-state index in [2.05, 4.69) is 0 Å². The third-order valence-corrected chi connectivity index (χ3v) is 2.64. The van der Waals surface area contributed by atoms with Gasteiger partial charge in [-0.05, 0) is 25.5 Å². The molecule has 3 heteroatoms. The number of esters is 1. The summed E-state index contributed by atoms with van der Waals surface area (Å²) < 4.78 is 5.07. The standard InChI is InChI=1S/C13H18O3/c1-3-13(2,15)9-10-16-12(14)11-7-5-4-6-8-11/h4-8,15H,3,9-10H2,1-2H3/t13-/m1/s1. The van der Waals surface area contributed by atoms with Crippen molar-refractivity contribution in [3.05, 3.63) is 35.9 Å². The van der Waals surface area contributed by atoms with Gasteiger partial charge in [-0.1, -0.05) is 25.1 Å². The number of carbonyl (C=O) groups excluding carboxylic acids is 1. The largest absolute Gasteiger partial charge is 0.462 e. The van der Waals surface area contributed by atoms with Gasteiger partial charge in [0.25, 0.3) is 0 Å². The van der Waals surface area contributed by atoms with Crippen LogP contribution >= 0.6 is 0 Å². The van der Waals surface area contributed by atoms with E-state index in [0.717, 1.165) is 0 Å². The average Bonchev–Trinajstić information content (AvgIpc) is 2.30. The molecule has 1 atom stereocenters. The van der Waals surface area contributed by atoms with E-state index in [1.165, 1.54) is 0 Å². The molecule has 0 aromatic heterocycles. The number of carbonyl (C=O) groups is 1. The van der Waals surface area contributed by atoms with E-state index in [9.17, 15) is 9.90 Å². The van der Waals surface area contributed by atoms with Crippen LogP contribution in [0.2, 0.25) is 0 Å². The molecule has 0 aliphatic heterocycles. The maximum absolute atomic E-state index is 11.5. The summed E-state index contributed by atoms with van der Waals surface area (Å²) in [6, 6.07) is 8.84. The van der Waals surface area contributed by atoms with Crippen LogP contribution in [0.25, 0.3) is 0 Å². The maximum atomic E-state index is 11.5. The molecule has 0 unspecified atom stereocenters. The Morgan fingerprint density at radius 2 is 2.00 bits per heavy atom. The lowest BCUT2D eigenvalue weighted by atomic mass is 10.0. The molecule has 1 aromatic rings. The zero-order chi connectivity index (χ0) is 12.0. The third kappa shape index (κ3) is 4.03. The van der Waals surface area contributed by atoms with Crippen LogP contribution in [0, 0.1) is 0 Å². The predicted octanol–water partition coefficient (Wildman–Crippen LogP) is 2.39. The number of ether oxygens (including phenoxy) is 1. The Kier molecular flexibility index (Phi) is 4.50. The molecule has 0 saturated carbocycles. The SMILES string of the molecule is CC[C@@](C)(O)CCOC(=O)c1ccccc1. The predicted molar refractivity (Wildman–Crippen MR) is 62.3 cm³/mol. The Labute approximate surface area is 96.1 Å². The Hall–Kier alpha value is -1.35. The molecule has 88 valence electrons. The van der Waals surface area contributed by atoms with Crippen LogP contribution in [0.4, 0.5) is 0 Å². The first-order chi connectivity index (χ1) is 7.55. The normalized spacial score (nSPS) is 14.2. The molecule has 0 aliphatic rings. The Morgan fingerprint density at radius 3 is 2.56 bits per heavy atom. The van der Waals surface area contributed by atoms with Gasteiger partial charge < -0.3 is 9.84 Å². The lowest BCUT2D eigenvalue weighted by Gasteiger charge is -2.20. The summed E-state index contributed by atoms with van der Waals surface area (Å²) in [5, 5.41) is 9.72. The second-order valence-electron chi connectivity index (χ2n) is 4.10. The highest BCUT2D eigenvalue weighted by molar-refractivity contribution is 5.89. The fraction of sp³-hybridized carbons (Fsp3) is 0.462. The molecule has 3 nitrogen and oxygen atoms in total. The highest BCUT2D eigenvalue weighted by atomic mass is 16.5. The molecule has 1 rings (SSSR count). The van der Waals surface area contributed by atoms with Crippen molar-refractivity contribution in [2.75, 3.05) is 6.61 Å². The summed E-state index contributed by atoms with van der Waals surface area (Å²) in [5.41, 5.74) is -0.213. The monoisotopic (exact) mass is 222 g/mol. The fourth-order valence-electron chi connectivity index (χ4n) is 1.20. The van der Waals surface area contributed by atoms with Crippen LogP contribution in [-0.2, 0) is 4.74 Å². The molecule has 0 aliphatic carbocycles. The number of rotatable bonds is 5. The first-order valence-electron chi connectivity index (χ1n) is 5.50. The molecule has 1 N–H and O–H groups in total. The average molecular weight is 222 g/mol. The molecule has 0 saturated heterocycles. The van der Waals surface area contributed by atoms with Crippen LogP contribution in [0.1, 0.15) is 37.0 Å².